The van der Waals surface area contributed by atoms with Gasteiger partial charge < -0.3 is 29.9 Å². The smallest absolute Gasteiger partial charge is 0.335 e. The molecular formula is C12H11Br3O7. The van der Waals surface area contributed by atoms with Crippen molar-refractivity contribution in [3.05, 3.63) is 25.6 Å². The fourth-order valence-electron chi connectivity index (χ4n) is 1.91. The van der Waals surface area contributed by atoms with Gasteiger partial charge in [0.1, 0.15) is 18.3 Å². The quantitative estimate of drug-likeness (QED) is 0.487. The number of ether oxygens (including phenoxy) is 2. The molecule has 5 atom stereocenters. The first-order valence-electron chi connectivity index (χ1n) is 5.96. The van der Waals surface area contributed by atoms with Crippen LogP contribution in [0.3, 0.4) is 0 Å². The van der Waals surface area contributed by atoms with Crippen LogP contribution >= 0.6 is 47.8 Å². The maximum Gasteiger partial charge on any atom is 0.335 e. The van der Waals surface area contributed by atoms with Crippen molar-refractivity contribution in [3.8, 4) is 5.75 Å². The molecule has 0 radical (unpaired) electrons. The molecule has 1 aromatic carbocycles. The molecule has 0 aromatic heterocycles. The van der Waals surface area contributed by atoms with E-state index in [9.17, 15) is 20.1 Å². The number of carboxylic acid groups (broad SMARTS) is 1. The number of hydrogen-bond acceptors (Lipinski definition) is 6. The lowest BCUT2D eigenvalue weighted by Gasteiger charge is -2.38. The van der Waals surface area contributed by atoms with E-state index in [0.717, 1.165) is 4.47 Å². The molecule has 10 heteroatoms. The Labute approximate surface area is 150 Å². The van der Waals surface area contributed by atoms with Crippen LogP contribution in [0, 0.1) is 0 Å². The number of halogens is 3. The fourth-order valence-corrected chi connectivity index (χ4v) is 4.35. The number of carbonyl (C=O) groups is 1. The highest BCUT2D eigenvalue weighted by Gasteiger charge is 2.48. The molecule has 122 valence electrons. The lowest BCUT2D eigenvalue weighted by atomic mass is 9.99. The maximum atomic E-state index is 11.0. The highest BCUT2D eigenvalue weighted by Crippen LogP contribution is 2.38. The molecule has 1 aromatic rings. The Hall–Kier alpha value is -0.230. The first-order chi connectivity index (χ1) is 10.2. The summed E-state index contributed by atoms with van der Waals surface area (Å²) in [5.74, 6) is -1.22. The van der Waals surface area contributed by atoms with Crippen molar-refractivity contribution < 1.29 is 34.7 Å². The largest absolute Gasteiger partial charge is 0.479 e. The number of benzene rings is 1. The highest BCUT2D eigenvalue weighted by atomic mass is 79.9. The molecule has 1 heterocycles. The Morgan fingerprint density at radius 1 is 1.05 bits per heavy atom. The minimum Gasteiger partial charge on any atom is -0.479 e. The fraction of sp³-hybridized carbons (Fsp3) is 0.417. The number of aliphatic carboxylic acids is 1. The van der Waals surface area contributed by atoms with Crippen molar-refractivity contribution in [1.29, 1.82) is 0 Å². The zero-order chi connectivity index (χ0) is 16.6. The van der Waals surface area contributed by atoms with E-state index in [-0.39, 0.29) is 5.75 Å². The highest BCUT2D eigenvalue weighted by molar-refractivity contribution is 9.11. The van der Waals surface area contributed by atoms with Gasteiger partial charge in [0.15, 0.2) is 11.9 Å². The molecule has 2 rings (SSSR count). The van der Waals surface area contributed by atoms with Gasteiger partial charge in [-0.2, -0.15) is 0 Å². The monoisotopic (exact) mass is 504 g/mol. The van der Waals surface area contributed by atoms with Gasteiger partial charge in [0.25, 0.3) is 0 Å². The lowest BCUT2D eigenvalue weighted by Crippen LogP contribution is -2.61. The van der Waals surface area contributed by atoms with E-state index in [1.165, 1.54) is 0 Å². The standard InChI is InChI=1S/C12H11Br3O7/c13-3-1-4(14)9(5(15)2-3)21-12-8(18)6(16)7(17)10(22-12)11(19)20/h1-2,6-8,10,12,16-18H,(H,19,20)/t6-,7-,8+,10-,12+/m0/s1. The predicted octanol–water partition coefficient (Wildman–Crippen LogP) is 1.25. The molecule has 1 aliphatic heterocycles. The van der Waals surface area contributed by atoms with Crippen LogP contribution in [0.25, 0.3) is 0 Å². The Balaban J connectivity index is 2.27. The van der Waals surface area contributed by atoms with Crippen LogP contribution in [0.1, 0.15) is 0 Å². The molecule has 1 fully saturated rings. The SMILES string of the molecule is O=C(O)[C@H]1O[C@@H](Oc2c(Br)cc(Br)cc2Br)[C@H](O)[C@@H](O)[C@@H]1O. The maximum absolute atomic E-state index is 11.0. The van der Waals surface area contributed by atoms with Gasteiger partial charge >= 0.3 is 5.97 Å². The van der Waals surface area contributed by atoms with Crippen LogP contribution in [0.5, 0.6) is 5.75 Å². The van der Waals surface area contributed by atoms with Gasteiger partial charge in [-0.25, -0.2) is 4.79 Å². The molecule has 0 spiro atoms. The van der Waals surface area contributed by atoms with Crippen LogP contribution in [0.4, 0.5) is 0 Å². The summed E-state index contributed by atoms with van der Waals surface area (Å²) < 4.78 is 12.3. The predicted molar refractivity (Wildman–Crippen MR) is 84.5 cm³/mol. The van der Waals surface area contributed by atoms with Crippen molar-refractivity contribution in [2.24, 2.45) is 0 Å². The zero-order valence-electron chi connectivity index (χ0n) is 10.7. The van der Waals surface area contributed by atoms with Crippen LogP contribution in [0.2, 0.25) is 0 Å². The Morgan fingerprint density at radius 2 is 1.59 bits per heavy atom. The summed E-state index contributed by atoms with van der Waals surface area (Å²) in [6, 6.07) is 3.35. The summed E-state index contributed by atoms with van der Waals surface area (Å²) in [5, 5.41) is 38.3. The van der Waals surface area contributed by atoms with E-state index in [0.29, 0.717) is 8.95 Å². The number of hydrogen-bond donors (Lipinski definition) is 4. The van der Waals surface area contributed by atoms with Gasteiger partial charge in [-0.15, -0.1) is 0 Å². The lowest BCUT2D eigenvalue weighted by molar-refractivity contribution is -0.271. The summed E-state index contributed by atoms with van der Waals surface area (Å²) in [6.45, 7) is 0. The van der Waals surface area contributed by atoms with E-state index < -0.39 is 36.7 Å². The molecule has 0 amide bonds. The third-order valence-electron chi connectivity index (χ3n) is 3.01. The van der Waals surface area contributed by atoms with Crippen molar-refractivity contribution in [2.45, 2.75) is 30.7 Å². The van der Waals surface area contributed by atoms with E-state index in [1.807, 2.05) is 0 Å². The normalized spacial score (nSPS) is 31.8. The Morgan fingerprint density at radius 3 is 2.09 bits per heavy atom. The molecular weight excluding hydrogens is 496 g/mol. The first-order valence-corrected chi connectivity index (χ1v) is 8.34. The Kier molecular flexibility index (Phi) is 5.86. The van der Waals surface area contributed by atoms with Crippen molar-refractivity contribution in [2.75, 3.05) is 0 Å². The second-order valence-corrected chi connectivity index (χ2v) is 7.18. The van der Waals surface area contributed by atoms with Gasteiger partial charge in [0, 0.05) is 4.47 Å². The average Bonchev–Trinajstić information content (AvgIpc) is 2.42. The van der Waals surface area contributed by atoms with Gasteiger partial charge in [-0.3, -0.25) is 0 Å². The van der Waals surface area contributed by atoms with Gasteiger partial charge in [-0.1, -0.05) is 15.9 Å². The first kappa shape index (κ1) is 18.1. The number of aliphatic hydroxyl groups is 3. The summed E-state index contributed by atoms with van der Waals surface area (Å²) in [6.07, 6.45) is -8.27. The molecule has 0 bridgehead atoms. The molecule has 0 unspecified atom stereocenters. The van der Waals surface area contributed by atoms with E-state index in [1.54, 1.807) is 12.1 Å². The van der Waals surface area contributed by atoms with Crippen molar-refractivity contribution in [1.82, 2.24) is 0 Å². The minimum absolute atomic E-state index is 0.250. The second-order valence-electron chi connectivity index (χ2n) is 4.55. The average molecular weight is 507 g/mol. The summed E-state index contributed by atoms with van der Waals surface area (Å²) in [5.41, 5.74) is 0. The van der Waals surface area contributed by atoms with Crippen molar-refractivity contribution >= 4 is 53.8 Å². The minimum atomic E-state index is -1.76. The number of rotatable bonds is 3. The Bertz CT molecular complexity index is 559. The summed E-state index contributed by atoms with van der Waals surface area (Å²) >= 11 is 9.81. The zero-order valence-corrected chi connectivity index (χ0v) is 15.4. The van der Waals surface area contributed by atoms with Crippen molar-refractivity contribution in [3.63, 3.8) is 0 Å². The molecule has 1 saturated heterocycles. The van der Waals surface area contributed by atoms with E-state index >= 15 is 0 Å². The van der Waals surface area contributed by atoms with Crippen LogP contribution < -0.4 is 4.74 Å². The van der Waals surface area contributed by atoms with Crippen LogP contribution in [0.15, 0.2) is 25.6 Å². The van der Waals surface area contributed by atoms with Gasteiger partial charge in [-0.05, 0) is 44.0 Å². The van der Waals surface area contributed by atoms with Crippen LogP contribution in [-0.4, -0.2) is 57.1 Å². The molecule has 0 saturated carbocycles. The topological polar surface area (TPSA) is 116 Å². The van der Waals surface area contributed by atoms with E-state index in [4.69, 9.17) is 14.6 Å². The summed E-state index contributed by atoms with van der Waals surface area (Å²) in [4.78, 5) is 11.0. The molecule has 1 aliphatic rings. The third-order valence-corrected chi connectivity index (χ3v) is 4.65. The second kappa shape index (κ2) is 7.12. The number of carboxylic acids is 1. The third kappa shape index (κ3) is 3.64. The van der Waals surface area contributed by atoms with Gasteiger partial charge in [0.2, 0.25) is 6.29 Å². The number of aliphatic hydroxyl groups excluding tert-OH is 3. The molecule has 22 heavy (non-hydrogen) atoms. The molecule has 4 N–H and O–H groups in total. The van der Waals surface area contributed by atoms with Gasteiger partial charge in [0.05, 0.1) is 8.95 Å². The van der Waals surface area contributed by atoms with E-state index in [2.05, 4.69) is 47.8 Å². The summed E-state index contributed by atoms with van der Waals surface area (Å²) in [7, 11) is 0. The van der Waals surface area contributed by atoms with Crippen LogP contribution in [-0.2, 0) is 9.53 Å². The molecule has 0 aliphatic carbocycles. The molecule has 7 nitrogen and oxygen atoms in total.